The smallest absolute Gasteiger partial charge is 0.285 e. The number of benzene rings is 2. The molecule has 2 aromatic rings. The van der Waals surface area contributed by atoms with Crippen molar-refractivity contribution < 1.29 is 9.72 Å². The molecule has 0 bridgehead atoms. The van der Waals surface area contributed by atoms with Crippen molar-refractivity contribution in [3.05, 3.63) is 69.3 Å². The number of alkyl halides is 1. The predicted octanol–water partition coefficient (Wildman–Crippen LogP) is 3.89. The zero-order valence-corrected chi connectivity index (χ0v) is 12.1. The van der Waals surface area contributed by atoms with E-state index < -0.39 is 10.8 Å². The van der Waals surface area contributed by atoms with E-state index in [2.05, 4.69) is 5.32 Å². The maximum absolute atomic E-state index is 12.2. The van der Waals surface area contributed by atoms with Gasteiger partial charge in [-0.05, 0) is 30.7 Å². The molecule has 0 saturated carbocycles. The molecular weight excluding hydrogens is 292 g/mol. The zero-order chi connectivity index (χ0) is 15.4. The van der Waals surface area contributed by atoms with Crippen LogP contribution < -0.4 is 5.32 Å². The summed E-state index contributed by atoms with van der Waals surface area (Å²) in [6.45, 7) is 1.60. The molecule has 0 radical (unpaired) electrons. The third-order valence-electron chi connectivity index (χ3n) is 3.03. The minimum Gasteiger partial charge on any atom is -0.322 e. The number of nitrogens with one attached hydrogen (secondary N) is 1. The number of para-hydroxylation sites is 1. The Labute approximate surface area is 126 Å². The van der Waals surface area contributed by atoms with Gasteiger partial charge >= 0.3 is 0 Å². The van der Waals surface area contributed by atoms with E-state index in [1.807, 2.05) is 0 Å². The van der Waals surface area contributed by atoms with Crippen molar-refractivity contribution in [2.45, 2.75) is 12.8 Å². The van der Waals surface area contributed by atoms with E-state index in [0.29, 0.717) is 17.1 Å². The summed E-state index contributed by atoms with van der Waals surface area (Å²) in [7, 11) is 0. The van der Waals surface area contributed by atoms with Crippen LogP contribution in [0, 0.1) is 17.0 Å². The highest BCUT2D eigenvalue weighted by Crippen LogP contribution is 2.24. The van der Waals surface area contributed by atoms with Crippen LogP contribution in [-0.2, 0) is 5.88 Å². The van der Waals surface area contributed by atoms with Gasteiger partial charge in [-0.3, -0.25) is 14.9 Å². The first-order valence-electron chi connectivity index (χ1n) is 6.23. The number of hydrogen-bond acceptors (Lipinski definition) is 3. The average molecular weight is 305 g/mol. The van der Waals surface area contributed by atoms with E-state index in [0.717, 1.165) is 5.56 Å². The molecule has 21 heavy (non-hydrogen) atoms. The Hall–Kier alpha value is -2.40. The lowest BCUT2D eigenvalue weighted by Crippen LogP contribution is -2.14. The predicted molar refractivity (Wildman–Crippen MR) is 81.8 cm³/mol. The number of carbonyl (C=O) groups is 1. The number of hydrogen-bond donors (Lipinski definition) is 1. The quantitative estimate of drug-likeness (QED) is 0.529. The molecule has 5 nitrogen and oxygen atoms in total. The largest absolute Gasteiger partial charge is 0.322 e. The molecule has 0 saturated heterocycles. The zero-order valence-electron chi connectivity index (χ0n) is 11.3. The molecule has 0 aliphatic heterocycles. The number of aryl methyl sites for hydroxylation is 1. The Morgan fingerprint density at radius 1 is 1.24 bits per heavy atom. The molecule has 0 atom stereocenters. The summed E-state index contributed by atoms with van der Waals surface area (Å²) < 4.78 is 0. The van der Waals surface area contributed by atoms with E-state index in [-0.39, 0.29) is 11.3 Å². The maximum Gasteiger partial charge on any atom is 0.285 e. The van der Waals surface area contributed by atoms with Crippen LogP contribution in [0.3, 0.4) is 0 Å². The van der Waals surface area contributed by atoms with Crippen molar-refractivity contribution in [3.8, 4) is 0 Å². The molecule has 0 aliphatic carbocycles. The molecule has 108 valence electrons. The highest BCUT2D eigenvalue weighted by Gasteiger charge is 2.22. The van der Waals surface area contributed by atoms with Crippen LogP contribution in [-0.4, -0.2) is 10.8 Å². The van der Waals surface area contributed by atoms with Gasteiger partial charge in [0.2, 0.25) is 0 Å². The lowest BCUT2D eigenvalue weighted by Gasteiger charge is -2.07. The van der Waals surface area contributed by atoms with Crippen LogP contribution in [0.5, 0.6) is 0 Å². The molecular formula is C15H13ClN2O3. The summed E-state index contributed by atoms with van der Waals surface area (Å²) in [5.74, 6) is -0.124. The van der Waals surface area contributed by atoms with Gasteiger partial charge in [0, 0.05) is 17.1 Å². The lowest BCUT2D eigenvalue weighted by molar-refractivity contribution is -0.385. The van der Waals surface area contributed by atoms with Crippen molar-refractivity contribution in [3.63, 3.8) is 0 Å². The van der Waals surface area contributed by atoms with Gasteiger partial charge in [0.05, 0.1) is 4.92 Å². The number of nitro benzene ring substituents is 1. The summed E-state index contributed by atoms with van der Waals surface area (Å²) in [5.41, 5.74) is 1.81. The Morgan fingerprint density at radius 3 is 2.48 bits per heavy atom. The van der Waals surface area contributed by atoms with Gasteiger partial charge in [0.15, 0.2) is 0 Å². The molecule has 2 aromatic carbocycles. The van der Waals surface area contributed by atoms with Crippen molar-refractivity contribution in [1.82, 2.24) is 0 Å². The van der Waals surface area contributed by atoms with E-state index in [9.17, 15) is 14.9 Å². The first kappa shape index (κ1) is 15.0. The van der Waals surface area contributed by atoms with E-state index in [4.69, 9.17) is 11.6 Å². The summed E-state index contributed by atoms with van der Waals surface area (Å²) >= 11 is 5.69. The van der Waals surface area contributed by atoms with Crippen molar-refractivity contribution in [2.24, 2.45) is 0 Å². The molecule has 0 spiro atoms. The monoisotopic (exact) mass is 304 g/mol. The maximum atomic E-state index is 12.2. The average Bonchev–Trinajstić information content (AvgIpc) is 2.47. The van der Waals surface area contributed by atoms with Crippen LogP contribution >= 0.6 is 11.6 Å². The first-order valence-corrected chi connectivity index (χ1v) is 6.76. The molecule has 0 heterocycles. The van der Waals surface area contributed by atoms with E-state index in [1.165, 1.54) is 6.07 Å². The van der Waals surface area contributed by atoms with Gasteiger partial charge in [0.25, 0.3) is 11.6 Å². The normalized spacial score (nSPS) is 10.2. The highest BCUT2D eigenvalue weighted by molar-refractivity contribution is 6.17. The number of amides is 1. The second-order valence-electron chi connectivity index (χ2n) is 4.51. The van der Waals surface area contributed by atoms with Crippen LogP contribution in [0.1, 0.15) is 21.5 Å². The van der Waals surface area contributed by atoms with Crippen LogP contribution in [0.2, 0.25) is 0 Å². The fourth-order valence-corrected chi connectivity index (χ4v) is 2.14. The second-order valence-corrected chi connectivity index (χ2v) is 4.78. The van der Waals surface area contributed by atoms with Gasteiger partial charge in [-0.1, -0.05) is 24.3 Å². The standard InChI is InChI=1S/C15H13ClN2O3/c1-10-3-2-4-13(14(10)18(20)21)15(19)17-12-7-5-11(9-16)6-8-12/h2-8H,9H2,1H3,(H,17,19). The van der Waals surface area contributed by atoms with Gasteiger partial charge in [0.1, 0.15) is 5.56 Å². The van der Waals surface area contributed by atoms with E-state index >= 15 is 0 Å². The summed E-state index contributed by atoms with van der Waals surface area (Å²) in [6, 6.07) is 11.6. The lowest BCUT2D eigenvalue weighted by atomic mass is 10.1. The number of nitro groups is 1. The first-order chi connectivity index (χ1) is 10.0. The van der Waals surface area contributed by atoms with Crippen molar-refractivity contribution in [1.29, 1.82) is 0 Å². The Kier molecular flexibility index (Phi) is 4.55. The second kappa shape index (κ2) is 6.37. The number of rotatable bonds is 4. The van der Waals surface area contributed by atoms with Gasteiger partial charge in [-0.25, -0.2) is 0 Å². The van der Waals surface area contributed by atoms with Gasteiger partial charge < -0.3 is 5.32 Å². The minimum atomic E-state index is -0.541. The fourth-order valence-electron chi connectivity index (χ4n) is 1.96. The van der Waals surface area contributed by atoms with Crippen LogP contribution in [0.15, 0.2) is 42.5 Å². The molecule has 0 aromatic heterocycles. The molecule has 1 N–H and O–H groups in total. The number of nitrogens with zero attached hydrogens (tertiary/aromatic N) is 1. The topological polar surface area (TPSA) is 72.2 Å². The van der Waals surface area contributed by atoms with Gasteiger partial charge in [-0.2, -0.15) is 0 Å². The Balaban J connectivity index is 2.28. The third-order valence-corrected chi connectivity index (χ3v) is 3.34. The number of carbonyl (C=O) groups excluding carboxylic acids is 1. The summed E-state index contributed by atoms with van der Waals surface area (Å²) in [6.07, 6.45) is 0. The summed E-state index contributed by atoms with van der Waals surface area (Å²) in [4.78, 5) is 22.8. The number of anilines is 1. The van der Waals surface area contributed by atoms with Crippen molar-refractivity contribution >= 4 is 28.9 Å². The van der Waals surface area contributed by atoms with Gasteiger partial charge in [-0.15, -0.1) is 11.6 Å². The highest BCUT2D eigenvalue weighted by atomic mass is 35.5. The molecule has 2 rings (SSSR count). The minimum absolute atomic E-state index is 0.0430. The van der Waals surface area contributed by atoms with Crippen LogP contribution in [0.25, 0.3) is 0 Å². The molecule has 1 amide bonds. The van der Waals surface area contributed by atoms with Crippen molar-refractivity contribution in [2.75, 3.05) is 5.32 Å². The molecule has 0 fully saturated rings. The molecule has 0 unspecified atom stereocenters. The Morgan fingerprint density at radius 2 is 1.90 bits per heavy atom. The molecule has 0 aliphatic rings. The van der Waals surface area contributed by atoms with Crippen LogP contribution in [0.4, 0.5) is 11.4 Å². The summed E-state index contributed by atoms with van der Waals surface area (Å²) in [5, 5.41) is 13.7. The molecule has 6 heteroatoms. The Bertz CT molecular complexity index is 684. The number of halogens is 1. The SMILES string of the molecule is Cc1cccc(C(=O)Nc2ccc(CCl)cc2)c1[N+](=O)[O-]. The fraction of sp³-hybridized carbons (Fsp3) is 0.133. The van der Waals surface area contributed by atoms with E-state index in [1.54, 1.807) is 43.3 Å². The third kappa shape index (κ3) is 3.38.